The van der Waals surface area contributed by atoms with Gasteiger partial charge in [0.05, 0.1) is 6.61 Å². The second kappa shape index (κ2) is 7.04. The van der Waals surface area contributed by atoms with E-state index in [-0.39, 0.29) is 11.3 Å². The number of rotatable bonds is 7. The molecule has 108 valence electrons. The van der Waals surface area contributed by atoms with Crippen LogP contribution >= 0.6 is 11.6 Å². The van der Waals surface area contributed by atoms with Crippen molar-refractivity contribution in [3.05, 3.63) is 23.5 Å². The minimum atomic E-state index is 0.116. The molecule has 0 radical (unpaired) electrons. The van der Waals surface area contributed by atoms with Gasteiger partial charge in [-0.05, 0) is 18.0 Å². The lowest BCUT2D eigenvalue weighted by Gasteiger charge is -2.07. The number of hydrogen-bond donors (Lipinski definition) is 1. The molecule has 0 atom stereocenters. The monoisotopic (exact) mass is 296 g/mol. The van der Waals surface area contributed by atoms with E-state index in [0.717, 1.165) is 18.7 Å². The smallest absolute Gasteiger partial charge is 0.322 e. The third-order valence-corrected chi connectivity index (χ3v) is 2.74. The van der Waals surface area contributed by atoms with Crippen molar-refractivity contribution in [2.45, 2.75) is 19.8 Å². The van der Waals surface area contributed by atoms with Gasteiger partial charge in [-0.3, -0.25) is 0 Å². The lowest BCUT2D eigenvalue weighted by Crippen LogP contribution is -2.12. The van der Waals surface area contributed by atoms with Crippen molar-refractivity contribution in [2.24, 2.45) is 7.05 Å². The van der Waals surface area contributed by atoms with E-state index >= 15 is 0 Å². The molecule has 2 heterocycles. The first-order valence-corrected chi connectivity index (χ1v) is 6.81. The van der Waals surface area contributed by atoms with Crippen LogP contribution in [0.4, 0.5) is 5.95 Å². The van der Waals surface area contributed by atoms with Gasteiger partial charge in [-0.15, -0.1) is 0 Å². The molecule has 0 unspecified atom stereocenters. The van der Waals surface area contributed by atoms with E-state index in [1.807, 2.05) is 24.7 Å². The van der Waals surface area contributed by atoms with Gasteiger partial charge < -0.3 is 14.6 Å². The van der Waals surface area contributed by atoms with Crippen molar-refractivity contribution in [3.63, 3.8) is 0 Å². The number of imidazole rings is 1. The zero-order valence-corrected chi connectivity index (χ0v) is 12.3. The van der Waals surface area contributed by atoms with E-state index in [0.29, 0.717) is 19.1 Å². The SMILES string of the molecule is CCCOc1nc(Cl)nc(NCCc2nccn2C)n1. The maximum atomic E-state index is 5.83. The molecule has 20 heavy (non-hydrogen) atoms. The van der Waals surface area contributed by atoms with E-state index < -0.39 is 0 Å². The molecule has 2 rings (SSSR count). The van der Waals surface area contributed by atoms with Crippen molar-refractivity contribution in [2.75, 3.05) is 18.5 Å². The van der Waals surface area contributed by atoms with Gasteiger partial charge in [-0.25, -0.2) is 4.98 Å². The Bertz CT molecular complexity index is 559. The average Bonchev–Trinajstić information content (AvgIpc) is 2.82. The standard InChI is InChI=1S/C12H17ClN6O/c1-3-8-20-12-17-10(13)16-11(18-12)15-5-4-9-14-6-7-19(9)2/h6-7H,3-5,8H2,1-2H3,(H,15,16,17,18). The molecule has 0 aliphatic rings. The van der Waals surface area contributed by atoms with Crippen molar-refractivity contribution in [3.8, 4) is 6.01 Å². The molecule has 0 saturated carbocycles. The summed E-state index contributed by atoms with van der Waals surface area (Å²) >= 11 is 5.83. The molecule has 0 spiro atoms. The van der Waals surface area contributed by atoms with Crippen molar-refractivity contribution in [1.29, 1.82) is 0 Å². The first-order valence-electron chi connectivity index (χ1n) is 6.43. The van der Waals surface area contributed by atoms with Crippen LogP contribution in [0, 0.1) is 0 Å². The molecule has 0 saturated heterocycles. The Balaban J connectivity index is 1.91. The van der Waals surface area contributed by atoms with Crippen LogP contribution in [0.3, 0.4) is 0 Å². The van der Waals surface area contributed by atoms with Crippen LogP contribution in [0.25, 0.3) is 0 Å². The molecule has 0 bridgehead atoms. The van der Waals surface area contributed by atoms with Gasteiger partial charge in [0.25, 0.3) is 0 Å². The maximum Gasteiger partial charge on any atom is 0.322 e. The number of anilines is 1. The summed E-state index contributed by atoms with van der Waals surface area (Å²) in [5, 5.41) is 3.20. The molecule has 0 aromatic carbocycles. The highest BCUT2D eigenvalue weighted by Gasteiger charge is 2.06. The first-order chi connectivity index (χ1) is 9.69. The number of aromatic nitrogens is 5. The lowest BCUT2D eigenvalue weighted by molar-refractivity contribution is 0.291. The summed E-state index contributed by atoms with van der Waals surface area (Å²) in [6.45, 7) is 3.21. The number of nitrogens with zero attached hydrogens (tertiary/aromatic N) is 5. The molecule has 0 fully saturated rings. The van der Waals surface area contributed by atoms with Crippen LogP contribution in [0.2, 0.25) is 5.28 Å². The number of ether oxygens (including phenoxy) is 1. The van der Waals surface area contributed by atoms with Crippen LogP contribution in [-0.2, 0) is 13.5 Å². The second-order valence-electron chi connectivity index (χ2n) is 4.19. The maximum absolute atomic E-state index is 5.83. The summed E-state index contributed by atoms with van der Waals surface area (Å²) in [6, 6.07) is 0.242. The molecule has 0 aliphatic carbocycles. The highest BCUT2D eigenvalue weighted by atomic mass is 35.5. The highest BCUT2D eigenvalue weighted by Crippen LogP contribution is 2.11. The Labute approximate surface area is 122 Å². The fourth-order valence-corrected chi connectivity index (χ4v) is 1.74. The zero-order chi connectivity index (χ0) is 14.4. The van der Waals surface area contributed by atoms with E-state index in [4.69, 9.17) is 16.3 Å². The molecule has 2 aromatic rings. The van der Waals surface area contributed by atoms with Crippen LogP contribution in [-0.4, -0.2) is 37.7 Å². The predicted octanol–water partition coefficient (Wildman–Crippen LogP) is 1.70. The zero-order valence-electron chi connectivity index (χ0n) is 11.5. The van der Waals surface area contributed by atoms with E-state index in [2.05, 4.69) is 25.3 Å². The van der Waals surface area contributed by atoms with E-state index in [9.17, 15) is 0 Å². The number of aryl methyl sites for hydroxylation is 1. The van der Waals surface area contributed by atoms with E-state index in [1.54, 1.807) is 6.20 Å². The minimum absolute atomic E-state index is 0.116. The van der Waals surface area contributed by atoms with Crippen LogP contribution in [0.1, 0.15) is 19.2 Å². The topological polar surface area (TPSA) is 77.8 Å². The quantitative estimate of drug-likeness (QED) is 0.838. The fraction of sp³-hybridized carbons (Fsp3) is 0.500. The predicted molar refractivity (Wildman–Crippen MR) is 76.0 cm³/mol. The summed E-state index contributed by atoms with van der Waals surface area (Å²) in [6.07, 6.45) is 5.32. The summed E-state index contributed by atoms with van der Waals surface area (Å²) in [4.78, 5) is 16.3. The summed E-state index contributed by atoms with van der Waals surface area (Å²) in [5.74, 6) is 1.39. The molecule has 0 amide bonds. The van der Waals surface area contributed by atoms with E-state index in [1.165, 1.54) is 0 Å². The Morgan fingerprint density at radius 2 is 2.20 bits per heavy atom. The molecule has 7 nitrogen and oxygen atoms in total. The Kier molecular flexibility index (Phi) is 5.11. The van der Waals surface area contributed by atoms with Crippen molar-refractivity contribution in [1.82, 2.24) is 24.5 Å². The molecular weight excluding hydrogens is 280 g/mol. The van der Waals surface area contributed by atoms with Crippen LogP contribution in [0.5, 0.6) is 6.01 Å². The largest absolute Gasteiger partial charge is 0.463 e. The molecule has 1 N–H and O–H groups in total. The summed E-state index contributed by atoms with van der Waals surface area (Å²) < 4.78 is 7.31. The van der Waals surface area contributed by atoms with Crippen molar-refractivity contribution < 1.29 is 4.74 Å². The molecule has 0 aliphatic heterocycles. The van der Waals surface area contributed by atoms with Gasteiger partial charge in [0.15, 0.2) is 0 Å². The minimum Gasteiger partial charge on any atom is -0.463 e. The normalized spacial score (nSPS) is 10.6. The van der Waals surface area contributed by atoms with Crippen LogP contribution in [0.15, 0.2) is 12.4 Å². The highest BCUT2D eigenvalue weighted by molar-refractivity contribution is 6.28. The molecule has 8 heteroatoms. The lowest BCUT2D eigenvalue weighted by atomic mass is 10.4. The Morgan fingerprint density at radius 1 is 1.35 bits per heavy atom. The van der Waals surface area contributed by atoms with Gasteiger partial charge in [-0.2, -0.15) is 15.0 Å². The number of hydrogen-bond acceptors (Lipinski definition) is 6. The third-order valence-electron chi connectivity index (χ3n) is 2.58. The van der Waals surface area contributed by atoms with Gasteiger partial charge in [-0.1, -0.05) is 6.92 Å². The Morgan fingerprint density at radius 3 is 2.90 bits per heavy atom. The third kappa shape index (κ3) is 4.06. The number of halogens is 1. The second-order valence-corrected chi connectivity index (χ2v) is 4.53. The van der Waals surface area contributed by atoms with Gasteiger partial charge in [0.2, 0.25) is 11.2 Å². The van der Waals surface area contributed by atoms with Crippen molar-refractivity contribution >= 4 is 17.5 Å². The van der Waals surface area contributed by atoms with Gasteiger partial charge in [0.1, 0.15) is 5.82 Å². The Hall–Kier alpha value is -1.89. The van der Waals surface area contributed by atoms with Gasteiger partial charge in [0, 0.05) is 32.4 Å². The fourth-order valence-electron chi connectivity index (χ4n) is 1.59. The molecule has 2 aromatic heterocycles. The summed E-state index contributed by atoms with van der Waals surface area (Å²) in [7, 11) is 1.96. The molecular formula is C12H17ClN6O. The number of nitrogens with one attached hydrogen (secondary N) is 1. The van der Waals surface area contributed by atoms with Gasteiger partial charge >= 0.3 is 6.01 Å². The first kappa shape index (κ1) is 14.5. The summed E-state index contributed by atoms with van der Waals surface area (Å²) in [5.41, 5.74) is 0. The van der Waals surface area contributed by atoms with Crippen LogP contribution < -0.4 is 10.1 Å². The average molecular weight is 297 g/mol.